The summed E-state index contributed by atoms with van der Waals surface area (Å²) in [6, 6.07) is 13.0. The molecular weight excluding hydrogens is 452 g/mol. The molecule has 0 bridgehead atoms. The van der Waals surface area contributed by atoms with Crippen LogP contribution < -0.4 is 20.1 Å². The molecule has 2 N–H and O–H groups in total. The molecule has 0 saturated heterocycles. The second kappa shape index (κ2) is 11.8. The number of benzene rings is 2. The predicted octanol–water partition coefficient (Wildman–Crippen LogP) is 5.22. The molecule has 0 fully saturated rings. The standard InChI is InChI=1S/C22H27BrN2O3S/c1-4-5-12-27-20-11-8-17(13-19(20)23)21(26)25-22(29)24-14-16-6-9-18(10-7-16)28-15(2)3/h6-11,13,15H,4-5,12,14H2,1-3H3,(H2,24,25,26,29). The van der Waals surface area contributed by atoms with Crippen molar-refractivity contribution >= 4 is 39.2 Å². The number of thiocarbonyl (C=S) groups is 1. The first-order chi connectivity index (χ1) is 13.9. The number of hydrogen-bond acceptors (Lipinski definition) is 4. The van der Waals surface area contributed by atoms with Crippen molar-refractivity contribution in [1.82, 2.24) is 10.6 Å². The van der Waals surface area contributed by atoms with Gasteiger partial charge < -0.3 is 14.8 Å². The minimum atomic E-state index is -0.274. The molecule has 2 aromatic rings. The SMILES string of the molecule is CCCCOc1ccc(C(=O)NC(=S)NCc2ccc(OC(C)C)cc2)cc1Br. The van der Waals surface area contributed by atoms with Gasteiger partial charge in [-0.15, -0.1) is 0 Å². The number of carbonyl (C=O) groups excluding carboxylic acids is 1. The average molecular weight is 479 g/mol. The highest BCUT2D eigenvalue weighted by molar-refractivity contribution is 9.10. The van der Waals surface area contributed by atoms with E-state index in [0.29, 0.717) is 18.7 Å². The number of carbonyl (C=O) groups is 1. The van der Waals surface area contributed by atoms with Crippen molar-refractivity contribution in [3.05, 3.63) is 58.1 Å². The molecule has 0 aliphatic rings. The van der Waals surface area contributed by atoms with Crippen molar-refractivity contribution in [2.24, 2.45) is 0 Å². The van der Waals surface area contributed by atoms with Gasteiger partial charge >= 0.3 is 0 Å². The maximum absolute atomic E-state index is 12.4. The monoisotopic (exact) mass is 478 g/mol. The summed E-state index contributed by atoms with van der Waals surface area (Å²) in [5.74, 6) is 1.27. The number of amides is 1. The normalized spacial score (nSPS) is 10.5. The van der Waals surface area contributed by atoms with Crippen LogP contribution in [-0.2, 0) is 6.54 Å². The maximum Gasteiger partial charge on any atom is 0.257 e. The van der Waals surface area contributed by atoms with Gasteiger partial charge in [-0.05, 0) is 84.3 Å². The molecule has 1 amide bonds. The highest BCUT2D eigenvalue weighted by Crippen LogP contribution is 2.26. The van der Waals surface area contributed by atoms with Crippen molar-refractivity contribution in [1.29, 1.82) is 0 Å². The lowest BCUT2D eigenvalue weighted by Crippen LogP contribution is -2.38. The Morgan fingerprint density at radius 3 is 2.52 bits per heavy atom. The van der Waals surface area contributed by atoms with Gasteiger partial charge in [0, 0.05) is 12.1 Å². The Hall–Kier alpha value is -2.12. The highest BCUT2D eigenvalue weighted by atomic mass is 79.9. The number of rotatable bonds is 9. The third kappa shape index (κ3) is 8.03. The van der Waals surface area contributed by atoms with Crippen LogP contribution in [0.3, 0.4) is 0 Å². The third-order valence-corrected chi connectivity index (χ3v) is 4.79. The number of nitrogens with one attached hydrogen (secondary N) is 2. The van der Waals surface area contributed by atoms with Crippen molar-refractivity contribution in [3.63, 3.8) is 0 Å². The summed E-state index contributed by atoms with van der Waals surface area (Å²) in [6.45, 7) is 7.25. The molecule has 2 rings (SSSR count). The molecule has 0 aliphatic heterocycles. The van der Waals surface area contributed by atoms with Crippen LogP contribution >= 0.6 is 28.1 Å². The smallest absolute Gasteiger partial charge is 0.257 e. The van der Waals surface area contributed by atoms with E-state index in [1.165, 1.54) is 0 Å². The maximum atomic E-state index is 12.4. The molecule has 0 atom stereocenters. The summed E-state index contributed by atoms with van der Waals surface area (Å²) in [5.41, 5.74) is 1.54. The molecule has 5 nitrogen and oxygen atoms in total. The van der Waals surface area contributed by atoms with Crippen LogP contribution in [0, 0.1) is 0 Å². The van der Waals surface area contributed by atoms with Gasteiger partial charge in [0.2, 0.25) is 0 Å². The molecule has 0 heterocycles. The zero-order valence-corrected chi connectivity index (χ0v) is 19.4. The second-order valence-corrected chi connectivity index (χ2v) is 8.06. The van der Waals surface area contributed by atoms with Gasteiger partial charge in [0.25, 0.3) is 5.91 Å². The Kier molecular flexibility index (Phi) is 9.41. The molecule has 7 heteroatoms. The van der Waals surface area contributed by atoms with Crippen molar-refractivity contribution in [2.45, 2.75) is 46.3 Å². The first-order valence-corrected chi connectivity index (χ1v) is 10.9. The molecule has 156 valence electrons. The van der Waals surface area contributed by atoms with E-state index in [1.807, 2.05) is 38.1 Å². The van der Waals surface area contributed by atoms with Gasteiger partial charge in [0.05, 0.1) is 17.2 Å². The van der Waals surface area contributed by atoms with Crippen LogP contribution in [0.25, 0.3) is 0 Å². The largest absolute Gasteiger partial charge is 0.492 e. The minimum absolute atomic E-state index is 0.138. The van der Waals surface area contributed by atoms with Gasteiger partial charge in [-0.25, -0.2) is 0 Å². The average Bonchev–Trinajstić information content (AvgIpc) is 2.68. The Labute approximate surface area is 186 Å². The van der Waals surface area contributed by atoms with Crippen molar-refractivity contribution < 1.29 is 14.3 Å². The van der Waals surface area contributed by atoms with Crippen LogP contribution in [0.4, 0.5) is 0 Å². The fourth-order valence-corrected chi connectivity index (χ4v) is 3.10. The zero-order chi connectivity index (χ0) is 21.2. The van der Waals surface area contributed by atoms with Gasteiger partial charge in [-0.1, -0.05) is 25.5 Å². The Balaban J connectivity index is 1.84. The van der Waals surface area contributed by atoms with E-state index in [9.17, 15) is 4.79 Å². The summed E-state index contributed by atoms with van der Waals surface area (Å²) in [5, 5.41) is 6.02. The number of ether oxygens (including phenoxy) is 2. The second-order valence-electron chi connectivity index (χ2n) is 6.79. The van der Waals surface area contributed by atoms with E-state index in [0.717, 1.165) is 34.4 Å². The number of unbranched alkanes of at least 4 members (excludes halogenated alkanes) is 1. The molecule has 0 spiro atoms. The summed E-state index contributed by atoms with van der Waals surface area (Å²) in [7, 11) is 0. The first-order valence-electron chi connectivity index (χ1n) is 9.66. The zero-order valence-electron chi connectivity index (χ0n) is 17.0. The summed E-state index contributed by atoms with van der Waals surface area (Å²) in [6.07, 6.45) is 2.19. The molecule has 0 saturated carbocycles. The minimum Gasteiger partial charge on any atom is -0.492 e. The fourth-order valence-electron chi connectivity index (χ4n) is 2.45. The molecule has 0 aromatic heterocycles. The Morgan fingerprint density at radius 2 is 1.90 bits per heavy atom. The molecular formula is C22H27BrN2O3S. The van der Waals surface area contributed by atoms with Gasteiger partial charge in [0.1, 0.15) is 11.5 Å². The quantitative estimate of drug-likeness (QED) is 0.382. The van der Waals surface area contributed by atoms with E-state index in [2.05, 4.69) is 33.5 Å². The van der Waals surface area contributed by atoms with Gasteiger partial charge in [-0.2, -0.15) is 0 Å². The lowest BCUT2D eigenvalue weighted by atomic mass is 10.2. The topological polar surface area (TPSA) is 59.6 Å². The van der Waals surface area contributed by atoms with E-state index >= 15 is 0 Å². The van der Waals surface area contributed by atoms with E-state index in [4.69, 9.17) is 21.7 Å². The van der Waals surface area contributed by atoms with Crippen LogP contribution in [0.15, 0.2) is 46.9 Å². The van der Waals surface area contributed by atoms with E-state index < -0.39 is 0 Å². The molecule has 0 unspecified atom stereocenters. The van der Waals surface area contributed by atoms with Crippen LogP contribution in [0.2, 0.25) is 0 Å². The molecule has 0 radical (unpaired) electrons. The highest BCUT2D eigenvalue weighted by Gasteiger charge is 2.11. The first kappa shape index (κ1) is 23.2. The summed E-state index contributed by atoms with van der Waals surface area (Å²) < 4.78 is 12.0. The lowest BCUT2D eigenvalue weighted by Gasteiger charge is -2.12. The van der Waals surface area contributed by atoms with Crippen molar-refractivity contribution in [3.8, 4) is 11.5 Å². The predicted molar refractivity (Wildman–Crippen MR) is 124 cm³/mol. The fraction of sp³-hybridized carbons (Fsp3) is 0.364. The van der Waals surface area contributed by atoms with Crippen molar-refractivity contribution in [2.75, 3.05) is 6.61 Å². The molecule has 29 heavy (non-hydrogen) atoms. The Morgan fingerprint density at radius 1 is 1.17 bits per heavy atom. The van der Waals surface area contributed by atoms with Crippen LogP contribution in [0.5, 0.6) is 11.5 Å². The third-order valence-electron chi connectivity index (χ3n) is 3.92. The summed E-state index contributed by atoms with van der Waals surface area (Å²) >= 11 is 8.69. The molecule has 0 aliphatic carbocycles. The summed E-state index contributed by atoms with van der Waals surface area (Å²) in [4.78, 5) is 12.4. The number of hydrogen-bond donors (Lipinski definition) is 2. The Bertz CT molecular complexity index is 825. The lowest BCUT2D eigenvalue weighted by molar-refractivity contribution is 0.0976. The number of halogens is 1. The van der Waals surface area contributed by atoms with E-state index in [1.54, 1.807) is 18.2 Å². The van der Waals surface area contributed by atoms with Gasteiger partial charge in [-0.3, -0.25) is 10.1 Å². The van der Waals surface area contributed by atoms with Gasteiger partial charge in [0.15, 0.2) is 5.11 Å². The van der Waals surface area contributed by atoms with Crippen LogP contribution in [-0.4, -0.2) is 23.7 Å². The molecule has 2 aromatic carbocycles. The van der Waals surface area contributed by atoms with E-state index in [-0.39, 0.29) is 17.1 Å². The van der Waals surface area contributed by atoms with Crippen LogP contribution in [0.1, 0.15) is 49.5 Å².